The lowest BCUT2D eigenvalue weighted by atomic mass is 10.1. The van der Waals surface area contributed by atoms with Gasteiger partial charge in [0.15, 0.2) is 0 Å². The summed E-state index contributed by atoms with van der Waals surface area (Å²) in [6.07, 6.45) is 1.52. The number of amides is 2. The predicted octanol–water partition coefficient (Wildman–Crippen LogP) is -0.552. The van der Waals surface area contributed by atoms with Gasteiger partial charge in [-0.25, -0.2) is 0 Å². The van der Waals surface area contributed by atoms with Gasteiger partial charge in [0.25, 0.3) is 0 Å². The van der Waals surface area contributed by atoms with E-state index in [0.29, 0.717) is 5.82 Å². The number of nitrogens with one attached hydrogen (secondary N) is 3. The van der Waals surface area contributed by atoms with Gasteiger partial charge < -0.3 is 16.4 Å². The first-order chi connectivity index (χ1) is 8.00. The quantitative estimate of drug-likeness (QED) is 0.552. The zero-order valence-electron chi connectivity index (χ0n) is 9.86. The molecule has 0 fully saturated rings. The van der Waals surface area contributed by atoms with E-state index in [1.165, 1.54) is 6.20 Å². The Morgan fingerprint density at radius 1 is 1.53 bits per heavy atom. The number of aromatic amines is 1. The van der Waals surface area contributed by atoms with Gasteiger partial charge >= 0.3 is 0 Å². The number of hydrogen-bond acceptors (Lipinski definition) is 4. The van der Waals surface area contributed by atoms with Crippen molar-refractivity contribution in [2.45, 2.75) is 19.9 Å². The van der Waals surface area contributed by atoms with Gasteiger partial charge in [-0.05, 0) is 5.92 Å². The fourth-order valence-corrected chi connectivity index (χ4v) is 1.11. The van der Waals surface area contributed by atoms with Crippen LogP contribution in [0.4, 0.5) is 5.82 Å². The Hall–Kier alpha value is -1.89. The summed E-state index contributed by atoms with van der Waals surface area (Å²) in [6, 6.07) is 1.01. The average Bonchev–Trinajstić information content (AvgIpc) is 2.77. The van der Waals surface area contributed by atoms with Crippen LogP contribution in [0.1, 0.15) is 13.8 Å². The van der Waals surface area contributed by atoms with Crippen molar-refractivity contribution in [2.75, 3.05) is 11.9 Å². The van der Waals surface area contributed by atoms with Crippen LogP contribution in [-0.4, -0.2) is 34.6 Å². The Bertz CT molecular complexity index is 374. The highest BCUT2D eigenvalue weighted by molar-refractivity contribution is 5.94. The van der Waals surface area contributed by atoms with E-state index in [2.05, 4.69) is 20.8 Å². The monoisotopic (exact) mass is 239 g/mol. The summed E-state index contributed by atoms with van der Waals surface area (Å²) in [5.41, 5.74) is 5.62. The highest BCUT2D eigenvalue weighted by atomic mass is 16.2. The molecule has 1 aromatic rings. The molecule has 7 heteroatoms. The van der Waals surface area contributed by atoms with E-state index in [-0.39, 0.29) is 24.3 Å². The van der Waals surface area contributed by atoms with E-state index >= 15 is 0 Å². The van der Waals surface area contributed by atoms with Crippen molar-refractivity contribution in [3.63, 3.8) is 0 Å². The molecule has 1 aromatic heterocycles. The SMILES string of the molecule is CC(C)[C@H](N)C(=O)NCC(=O)Nc1ccn[nH]1. The van der Waals surface area contributed by atoms with Crippen LogP contribution in [0.5, 0.6) is 0 Å². The van der Waals surface area contributed by atoms with Crippen molar-refractivity contribution in [3.05, 3.63) is 12.3 Å². The maximum Gasteiger partial charge on any atom is 0.244 e. The number of carbonyl (C=O) groups is 2. The number of hydrogen-bond donors (Lipinski definition) is 4. The van der Waals surface area contributed by atoms with Gasteiger partial charge in [0.05, 0.1) is 18.8 Å². The molecule has 0 saturated heterocycles. The summed E-state index contributed by atoms with van der Waals surface area (Å²) in [7, 11) is 0. The molecule has 5 N–H and O–H groups in total. The molecule has 0 aliphatic rings. The van der Waals surface area contributed by atoms with E-state index in [1.54, 1.807) is 6.07 Å². The van der Waals surface area contributed by atoms with Crippen LogP contribution >= 0.6 is 0 Å². The second-order valence-corrected chi connectivity index (χ2v) is 4.01. The third kappa shape index (κ3) is 4.23. The van der Waals surface area contributed by atoms with Gasteiger partial charge in [-0.2, -0.15) is 5.10 Å². The molecular weight excluding hydrogens is 222 g/mol. The smallest absolute Gasteiger partial charge is 0.244 e. The van der Waals surface area contributed by atoms with E-state index in [1.807, 2.05) is 13.8 Å². The number of nitrogens with zero attached hydrogens (tertiary/aromatic N) is 1. The standard InChI is InChI=1S/C10H17N5O2/c1-6(2)9(11)10(17)12-5-8(16)14-7-3-4-13-15-7/h3-4,6,9H,5,11H2,1-2H3,(H,12,17)(H2,13,14,15,16)/t9-/m0/s1. The van der Waals surface area contributed by atoms with Crippen molar-refractivity contribution in [3.8, 4) is 0 Å². The van der Waals surface area contributed by atoms with Crippen LogP contribution in [0.25, 0.3) is 0 Å². The third-order valence-corrected chi connectivity index (χ3v) is 2.22. The normalized spacial score (nSPS) is 12.2. The van der Waals surface area contributed by atoms with Gasteiger partial charge in [-0.3, -0.25) is 14.7 Å². The number of carbonyl (C=O) groups excluding carboxylic acids is 2. The zero-order chi connectivity index (χ0) is 12.8. The fourth-order valence-electron chi connectivity index (χ4n) is 1.11. The van der Waals surface area contributed by atoms with Gasteiger partial charge in [-0.15, -0.1) is 0 Å². The van der Waals surface area contributed by atoms with Crippen LogP contribution in [0.2, 0.25) is 0 Å². The van der Waals surface area contributed by atoms with Crippen LogP contribution in [0, 0.1) is 5.92 Å². The molecule has 0 spiro atoms. The Labute approximate surface area is 99.1 Å². The summed E-state index contributed by atoms with van der Waals surface area (Å²) >= 11 is 0. The van der Waals surface area contributed by atoms with Crippen molar-refractivity contribution in [2.24, 2.45) is 11.7 Å². The number of nitrogens with two attached hydrogens (primary N) is 1. The summed E-state index contributed by atoms with van der Waals surface area (Å²) < 4.78 is 0. The summed E-state index contributed by atoms with van der Waals surface area (Å²) in [4.78, 5) is 22.8. The van der Waals surface area contributed by atoms with Crippen molar-refractivity contribution in [1.29, 1.82) is 0 Å². The first-order valence-electron chi connectivity index (χ1n) is 5.33. The molecule has 1 heterocycles. The Kier molecular flexibility index (Phi) is 4.65. The Morgan fingerprint density at radius 3 is 2.76 bits per heavy atom. The van der Waals surface area contributed by atoms with Crippen LogP contribution in [0.15, 0.2) is 12.3 Å². The molecule has 2 amide bonds. The van der Waals surface area contributed by atoms with Crippen LogP contribution in [0.3, 0.4) is 0 Å². The largest absolute Gasteiger partial charge is 0.346 e. The second-order valence-electron chi connectivity index (χ2n) is 4.01. The fraction of sp³-hybridized carbons (Fsp3) is 0.500. The van der Waals surface area contributed by atoms with Gasteiger partial charge in [-0.1, -0.05) is 13.8 Å². The molecule has 0 aliphatic heterocycles. The van der Waals surface area contributed by atoms with Crippen LogP contribution in [-0.2, 0) is 9.59 Å². The lowest BCUT2D eigenvalue weighted by Gasteiger charge is -2.14. The first-order valence-corrected chi connectivity index (χ1v) is 5.33. The molecule has 0 radical (unpaired) electrons. The minimum atomic E-state index is -0.602. The minimum Gasteiger partial charge on any atom is -0.346 e. The Morgan fingerprint density at radius 2 is 2.24 bits per heavy atom. The summed E-state index contributed by atoms with van der Waals surface area (Å²) in [5, 5.41) is 11.3. The molecule has 0 unspecified atom stereocenters. The summed E-state index contributed by atoms with van der Waals surface area (Å²) in [6.45, 7) is 3.57. The van der Waals surface area contributed by atoms with Crippen molar-refractivity contribution in [1.82, 2.24) is 15.5 Å². The molecule has 0 aromatic carbocycles. The number of H-pyrrole nitrogens is 1. The van der Waals surface area contributed by atoms with Crippen molar-refractivity contribution >= 4 is 17.6 Å². The topological polar surface area (TPSA) is 113 Å². The average molecular weight is 239 g/mol. The first kappa shape index (κ1) is 13.2. The molecule has 0 bridgehead atoms. The minimum absolute atomic E-state index is 0.0330. The Balaban J connectivity index is 2.31. The lowest BCUT2D eigenvalue weighted by Crippen LogP contribution is -2.46. The molecule has 0 saturated carbocycles. The molecule has 1 atom stereocenters. The molecule has 1 rings (SSSR count). The molecular formula is C10H17N5O2. The number of aromatic nitrogens is 2. The van der Waals surface area contributed by atoms with E-state index in [9.17, 15) is 9.59 Å². The van der Waals surface area contributed by atoms with Gasteiger partial charge in [0.1, 0.15) is 5.82 Å². The van der Waals surface area contributed by atoms with E-state index in [0.717, 1.165) is 0 Å². The molecule has 0 aliphatic carbocycles. The predicted molar refractivity (Wildman–Crippen MR) is 63.0 cm³/mol. The molecule has 94 valence electrons. The van der Waals surface area contributed by atoms with E-state index < -0.39 is 6.04 Å². The summed E-state index contributed by atoms with van der Waals surface area (Å²) in [5.74, 6) is -0.151. The second kappa shape index (κ2) is 6.00. The van der Waals surface area contributed by atoms with Crippen LogP contribution < -0.4 is 16.4 Å². The maximum absolute atomic E-state index is 11.5. The van der Waals surface area contributed by atoms with Crippen molar-refractivity contribution < 1.29 is 9.59 Å². The highest BCUT2D eigenvalue weighted by Gasteiger charge is 2.17. The molecule has 7 nitrogen and oxygen atoms in total. The number of rotatable bonds is 5. The molecule has 17 heavy (non-hydrogen) atoms. The lowest BCUT2D eigenvalue weighted by molar-refractivity contribution is -0.125. The maximum atomic E-state index is 11.5. The highest BCUT2D eigenvalue weighted by Crippen LogP contribution is 1.99. The van der Waals surface area contributed by atoms with Gasteiger partial charge in [0, 0.05) is 6.07 Å². The number of anilines is 1. The zero-order valence-corrected chi connectivity index (χ0v) is 9.86. The third-order valence-electron chi connectivity index (χ3n) is 2.22. The van der Waals surface area contributed by atoms with E-state index in [4.69, 9.17) is 5.73 Å². The van der Waals surface area contributed by atoms with Gasteiger partial charge in [0.2, 0.25) is 11.8 Å².